The summed E-state index contributed by atoms with van der Waals surface area (Å²) >= 11 is 1.43. The molecule has 0 unspecified atom stereocenters. The van der Waals surface area contributed by atoms with Crippen LogP contribution in [0.2, 0.25) is 0 Å². The van der Waals surface area contributed by atoms with Crippen LogP contribution >= 0.6 is 11.3 Å². The molecule has 0 bridgehead atoms. The normalized spacial score (nSPS) is 13.4. The van der Waals surface area contributed by atoms with Gasteiger partial charge in [0, 0.05) is 30.2 Å². The second-order valence-electron chi connectivity index (χ2n) is 8.42. The molecule has 0 atom stereocenters. The molecule has 1 aliphatic rings. The first-order valence-electron chi connectivity index (χ1n) is 11.4. The molecule has 4 aromatic rings. The number of aromatic nitrogens is 2. The molecule has 1 aliphatic heterocycles. The maximum absolute atomic E-state index is 13.0. The van der Waals surface area contributed by atoms with Gasteiger partial charge in [-0.15, -0.1) is 11.3 Å². The van der Waals surface area contributed by atoms with E-state index in [1.54, 1.807) is 18.2 Å². The van der Waals surface area contributed by atoms with Gasteiger partial charge in [-0.1, -0.05) is 36.4 Å². The summed E-state index contributed by atoms with van der Waals surface area (Å²) < 4.78 is 7.63. The predicted molar refractivity (Wildman–Crippen MR) is 134 cm³/mol. The third kappa shape index (κ3) is 4.82. The molecular formula is C26H26N4O3S. The first-order valence-corrected chi connectivity index (χ1v) is 12.2. The highest BCUT2D eigenvalue weighted by Gasteiger charge is 2.19. The van der Waals surface area contributed by atoms with Crippen molar-refractivity contribution < 1.29 is 14.3 Å². The van der Waals surface area contributed by atoms with Gasteiger partial charge < -0.3 is 15.0 Å². The molecule has 2 aromatic carbocycles. The number of hydrogen-bond acceptors (Lipinski definition) is 5. The SMILES string of the molecule is Cc1nn(Cc2ccccc2)c2sc(C(=O)Nc3cccc(OCC(=O)N4CCCC4)c3)cc12. The number of aryl methyl sites for hydroxylation is 1. The number of nitrogens with one attached hydrogen (secondary N) is 1. The Bertz CT molecular complexity index is 1320. The van der Waals surface area contributed by atoms with Crippen molar-refractivity contribution >= 4 is 39.1 Å². The summed E-state index contributed by atoms with van der Waals surface area (Å²) in [4.78, 5) is 28.6. The number of thiophene rings is 1. The van der Waals surface area contributed by atoms with Crippen LogP contribution in [0.1, 0.15) is 33.8 Å². The number of nitrogens with zero attached hydrogens (tertiary/aromatic N) is 3. The Kier molecular flexibility index (Phi) is 6.31. The lowest BCUT2D eigenvalue weighted by Crippen LogP contribution is -2.32. The van der Waals surface area contributed by atoms with Crippen molar-refractivity contribution in [1.82, 2.24) is 14.7 Å². The first-order chi connectivity index (χ1) is 16.6. The summed E-state index contributed by atoms with van der Waals surface area (Å²) in [6.07, 6.45) is 2.10. The van der Waals surface area contributed by atoms with Gasteiger partial charge in [-0.25, -0.2) is 0 Å². The molecule has 1 saturated heterocycles. The minimum absolute atomic E-state index is 0.00266. The number of likely N-dealkylation sites (tertiary alicyclic amines) is 1. The average Bonchev–Trinajstić information content (AvgIpc) is 3.58. The van der Waals surface area contributed by atoms with Gasteiger partial charge in [-0.05, 0) is 43.5 Å². The first kappa shape index (κ1) is 22.2. The molecule has 0 aliphatic carbocycles. The monoisotopic (exact) mass is 474 g/mol. The van der Waals surface area contributed by atoms with Crippen molar-refractivity contribution in [3.63, 3.8) is 0 Å². The fraction of sp³-hybridized carbons (Fsp3) is 0.269. The zero-order valence-electron chi connectivity index (χ0n) is 19.0. The Hall–Kier alpha value is -3.65. The summed E-state index contributed by atoms with van der Waals surface area (Å²) in [6.45, 7) is 4.22. The second-order valence-corrected chi connectivity index (χ2v) is 9.45. The highest BCUT2D eigenvalue weighted by atomic mass is 32.1. The molecule has 0 radical (unpaired) electrons. The quantitative estimate of drug-likeness (QED) is 0.421. The van der Waals surface area contributed by atoms with Crippen LogP contribution in [-0.2, 0) is 11.3 Å². The molecule has 3 heterocycles. The Labute approximate surface area is 201 Å². The second kappa shape index (κ2) is 9.69. The summed E-state index contributed by atoms with van der Waals surface area (Å²) in [5.74, 6) is 0.366. The summed E-state index contributed by atoms with van der Waals surface area (Å²) in [6, 6.07) is 19.2. The standard InChI is InChI=1S/C26H26N4O3S/c1-18-22-15-23(34-26(22)30(28-18)16-19-8-3-2-4-9-19)25(32)27-20-10-7-11-21(14-20)33-17-24(31)29-12-5-6-13-29/h2-4,7-11,14-15H,5-6,12-13,16-17H2,1H3,(H,27,32). The number of anilines is 1. The lowest BCUT2D eigenvalue weighted by molar-refractivity contribution is -0.132. The van der Waals surface area contributed by atoms with Crippen LogP contribution in [0.4, 0.5) is 5.69 Å². The van der Waals surface area contributed by atoms with E-state index < -0.39 is 0 Å². The van der Waals surface area contributed by atoms with Gasteiger partial charge >= 0.3 is 0 Å². The molecule has 1 N–H and O–H groups in total. The van der Waals surface area contributed by atoms with E-state index in [0.29, 0.717) is 22.9 Å². The molecule has 1 fully saturated rings. The number of ether oxygens (including phenoxy) is 1. The van der Waals surface area contributed by atoms with Crippen molar-refractivity contribution in [2.75, 3.05) is 25.0 Å². The highest BCUT2D eigenvalue weighted by molar-refractivity contribution is 7.20. The van der Waals surface area contributed by atoms with E-state index in [9.17, 15) is 9.59 Å². The molecule has 0 saturated carbocycles. The Balaban J connectivity index is 1.27. The smallest absolute Gasteiger partial charge is 0.265 e. The summed E-state index contributed by atoms with van der Waals surface area (Å²) in [5.41, 5.74) is 2.68. The average molecular weight is 475 g/mol. The van der Waals surface area contributed by atoms with E-state index in [-0.39, 0.29) is 18.4 Å². The summed E-state index contributed by atoms with van der Waals surface area (Å²) in [7, 11) is 0. The zero-order valence-corrected chi connectivity index (χ0v) is 19.8. The van der Waals surface area contributed by atoms with Crippen LogP contribution < -0.4 is 10.1 Å². The van der Waals surface area contributed by atoms with Gasteiger partial charge in [0.05, 0.1) is 17.1 Å². The fourth-order valence-corrected chi connectivity index (χ4v) is 5.20. The minimum atomic E-state index is -0.183. The molecule has 5 rings (SSSR count). The number of fused-ring (bicyclic) bond motifs is 1. The van der Waals surface area contributed by atoms with Crippen LogP contribution in [-0.4, -0.2) is 46.2 Å². The van der Waals surface area contributed by atoms with E-state index in [1.165, 1.54) is 11.3 Å². The van der Waals surface area contributed by atoms with Crippen molar-refractivity contribution in [3.05, 3.63) is 76.8 Å². The Morgan fingerprint density at radius 3 is 2.65 bits per heavy atom. The molecule has 34 heavy (non-hydrogen) atoms. The molecule has 0 spiro atoms. The number of hydrogen-bond donors (Lipinski definition) is 1. The van der Waals surface area contributed by atoms with Gasteiger partial charge in [0.25, 0.3) is 11.8 Å². The number of carbonyl (C=O) groups excluding carboxylic acids is 2. The van der Waals surface area contributed by atoms with Crippen molar-refractivity contribution in [1.29, 1.82) is 0 Å². The van der Waals surface area contributed by atoms with Gasteiger partial charge in [0.15, 0.2) is 6.61 Å². The minimum Gasteiger partial charge on any atom is -0.484 e. The Morgan fingerprint density at radius 1 is 1.06 bits per heavy atom. The summed E-state index contributed by atoms with van der Waals surface area (Å²) in [5, 5.41) is 8.59. The molecule has 2 aromatic heterocycles. The lowest BCUT2D eigenvalue weighted by Gasteiger charge is -2.15. The lowest BCUT2D eigenvalue weighted by atomic mass is 10.2. The molecular weight excluding hydrogens is 448 g/mol. The molecule has 7 nitrogen and oxygen atoms in total. The van der Waals surface area contributed by atoms with E-state index in [2.05, 4.69) is 22.5 Å². The van der Waals surface area contributed by atoms with E-state index in [1.807, 2.05) is 46.8 Å². The fourth-order valence-electron chi connectivity index (χ4n) is 4.15. The van der Waals surface area contributed by atoms with Crippen LogP contribution in [0, 0.1) is 6.92 Å². The Morgan fingerprint density at radius 2 is 1.85 bits per heavy atom. The molecule has 174 valence electrons. The highest BCUT2D eigenvalue weighted by Crippen LogP contribution is 2.30. The molecule has 8 heteroatoms. The number of benzene rings is 2. The third-order valence-electron chi connectivity index (χ3n) is 5.92. The van der Waals surface area contributed by atoms with E-state index >= 15 is 0 Å². The van der Waals surface area contributed by atoms with Crippen LogP contribution in [0.3, 0.4) is 0 Å². The van der Waals surface area contributed by atoms with E-state index in [0.717, 1.165) is 47.4 Å². The largest absolute Gasteiger partial charge is 0.484 e. The van der Waals surface area contributed by atoms with Gasteiger partial charge in [-0.3, -0.25) is 14.3 Å². The van der Waals surface area contributed by atoms with Crippen LogP contribution in [0.5, 0.6) is 5.75 Å². The third-order valence-corrected chi connectivity index (χ3v) is 7.07. The zero-order chi connectivity index (χ0) is 23.5. The van der Waals surface area contributed by atoms with Gasteiger partial charge in [-0.2, -0.15) is 5.10 Å². The van der Waals surface area contributed by atoms with Crippen LogP contribution in [0.25, 0.3) is 10.2 Å². The number of rotatable bonds is 7. The maximum atomic E-state index is 13.0. The topological polar surface area (TPSA) is 76.5 Å². The van der Waals surface area contributed by atoms with E-state index in [4.69, 9.17) is 4.74 Å². The van der Waals surface area contributed by atoms with Gasteiger partial charge in [0.2, 0.25) is 0 Å². The number of carbonyl (C=O) groups is 2. The number of amides is 2. The van der Waals surface area contributed by atoms with Crippen molar-refractivity contribution in [2.24, 2.45) is 0 Å². The van der Waals surface area contributed by atoms with Crippen molar-refractivity contribution in [3.8, 4) is 5.75 Å². The van der Waals surface area contributed by atoms with Gasteiger partial charge in [0.1, 0.15) is 10.6 Å². The van der Waals surface area contributed by atoms with Crippen LogP contribution in [0.15, 0.2) is 60.7 Å². The predicted octanol–water partition coefficient (Wildman–Crippen LogP) is 4.71. The maximum Gasteiger partial charge on any atom is 0.265 e. The molecule has 2 amide bonds. The van der Waals surface area contributed by atoms with Crippen molar-refractivity contribution in [2.45, 2.75) is 26.3 Å².